The average molecular weight is 291 g/mol. The van der Waals surface area contributed by atoms with Crippen molar-refractivity contribution in [2.24, 2.45) is 4.99 Å². The summed E-state index contributed by atoms with van der Waals surface area (Å²) in [5.41, 5.74) is 1.08. The van der Waals surface area contributed by atoms with Crippen LogP contribution in [0.5, 0.6) is 0 Å². The lowest BCUT2D eigenvalue weighted by molar-refractivity contribution is -0.105. The Hall–Kier alpha value is -2.33. The van der Waals surface area contributed by atoms with E-state index in [-0.39, 0.29) is 17.5 Å². The number of nitriles is 1. The molecule has 0 spiro atoms. The molecule has 1 N–H and O–H groups in total. The first kappa shape index (κ1) is 15.7. The highest BCUT2D eigenvalue weighted by Gasteiger charge is 2.06. The minimum atomic E-state index is -0.732. The normalized spacial score (nSPS) is 10.5. The summed E-state index contributed by atoms with van der Waals surface area (Å²) in [4.78, 5) is 25.5. The number of carbonyl (C=O) groups excluding carboxylic acids is 2. The first-order valence-corrected chi connectivity index (χ1v) is 6.77. The number of hydrogen-bond acceptors (Lipinski definition) is 5. The Morgan fingerprint density at radius 3 is 3.05 bits per heavy atom. The van der Waals surface area contributed by atoms with Crippen LogP contribution in [0.3, 0.4) is 0 Å². The van der Waals surface area contributed by atoms with Crippen LogP contribution in [-0.4, -0.2) is 29.9 Å². The van der Waals surface area contributed by atoms with Gasteiger partial charge in [0.15, 0.2) is 5.17 Å². The van der Waals surface area contributed by atoms with E-state index in [1.165, 1.54) is 0 Å². The van der Waals surface area contributed by atoms with Crippen LogP contribution in [0.1, 0.15) is 12.5 Å². The van der Waals surface area contributed by atoms with Gasteiger partial charge in [-0.1, -0.05) is 17.8 Å². The first-order chi connectivity index (χ1) is 9.69. The van der Waals surface area contributed by atoms with E-state index in [1.54, 1.807) is 31.2 Å². The van der Waals surface area contributed by atoms with E-state index in [0.29, 0.717) is 17.5 Å². The van der Waals surface area contributed by atoms with Gasteiger partial charge in [-0.15, -0.1) is 0 Å². The summed E-state index contributed by atoms with van der Waals surface area (Å²) in [5.74, 6) is 0.156. The fourth-order valence-electron chi connectivity index (χ4n) is 1.24. The molecule has 1 aromatic carbocycles. The molecule has 1 rings (SSSR count). The number of thioether (sulfide) groups is 1. The van der Waals surface area contributed by atoms with Gasteiger partial charge in [0.25, 0.3) is 0 Å². The summed E-state index contributed by atoms with van der Waals surface area (Å²) >= 11 is 1.07. The van der Waals surface area contributed by atoms with E-state index in [1.807, 2.05) is 6.07 Å². The number of rotatable bonds is 4. The summed E-state index contributed by atoms with van der Waals surface area (Å²) in [6, 6.07) is 8.71. The molecule has 0 unspecified atom stereocenters. The third-order valence-electron chi connectivity index (χ3n) is 1.99. The molecule has 0 atom stereocenters. The number of hydrogen-bond donors (Lipinski definition) is 1. The quantitative estimate of drug-likeness (QED) is 0.520. The van der Waals surface area contributed by atoms with Crippen molar-refractivity contribution in [2.45, 2.75) is 6.92 Å². The fraction of sp³-hybridized carbons (Fsp3) is 0.231. The zero-order valence-electron chi connectivity index (χ0n) is 10.8. The maximum absolute atomic E-state index is 11.3. The summed E-state index contributed by atoms with van der Waals surface area (Å²) < 4.78 is 4.71. The van der Waals surface area contributed by atoms with Crippen molar-refractivity contribution in [3.63, 3.8) is 0 Å². The van der Waals surface area contributed by atoms with Crippen LogP contribution < -0.4 is 5.32 Å². The molecule has 1 amide bonds. The Morgan fingerprint density at radius 2 is 2.40 bits per heavy atom. The molecule has 0 radical (unpaired) electrons. The standard InChI is InChI=1S/C13H13N3O3S/c1-2-19-13(18)16-12(20-7-6-17)15-11-5-3-4-10(8-11)9-14/h3-6,8H,2,7H2,1H3,(H,15,16,18). The van der Waals surface area contributed by atoms with E-state index >= 15 is 0 Å². The Balaban J connectivity index is 2.85. The molecule has 7 heteroatoms. The molecule has 1 aromatic rings. The van der Waals surface area contributed by atoms with Crippen LogP contribution in [0, 0.1) is 11.3 Å². The Labute approximate surface area is 120 Å². The fourth-order valence-corrected chi connectivity index (χ4v) is 1.79. The number of nitrogens with zero attached hydrogens (tertiary/aromatic N) is 2. The van der Waals surface area contributed by atoms with Crippen LogP contribution in [-0.2, 0) is 9.53 Å². The Morgan fingerprint density at radius 1 is 1.60 bits per heavy atom. The molecule has 0 saturated carbocycles. The topological polar surface area (TPSA) is 91.5 Å². The number of ether oxygens (including phenoxy) is 1. The van der Waals surface area contributed by atoms with E-state index in [0.717, 1.165) is 11.8 Å². The first-order valence-electron chi connectivity index (χ1n) is 5.78. The monoisotopic (exact) mass is 291 g/mol. The maximum atomic E-state index is 11.3. The highest BCUT2D eigenvalue weighted by molar-refractivity contribution is 8.14. The molecular formula is C13H13N3O3S. The second-order valence-corrected chi connectivity index (χ2v) is 4.42. The number of carbonyl (C=O) groups is 2. The zero-order valence-corrected chi connectivity index (χ0v) is 11.6. The molecule has 0 aliphatic carbocycles. The van der Waals surface area contributed by atoms with Gasteiger partial charge in [-0.05, 0) is 25.1 Å². The number of aldehydes is 1. The Kier molecular flexibility index (Phi) is 6.85. The predicted octanol–water partition coefficient (Wildman–Crippen LogP) is 2.41. The van der Waals surface area contributed by atoms with Crippen molar-refractivity contribution in [1.82, 2.24) is 0 Å². The van der Waals surface area contributed by atoms with Crippen molar-refractivity contribution in [3.8, 4) is 6.07 Å². The van der Waals surface area contributed by atoms with Crippen LogP contribution in [0.4, 0.5) is 10.5 Å². The van der Waals surface area contributed by atoms with E-state index < -0.39 is 6.09 Å². The lowest BCUT2D eigenvalue weighted by Crippen LogP contribution is -2.12. The van der Waals surface area contributed by atoms with Gasteiger partial charge in [0.2, 0.25) is 0 Å². The highest BCUT2D eigenvalue weighted by atomic mass is 32.2. The van der Waals surface area contributed by atoms with Gasteiger partial charge in [0.05, 0.1) is 24.0 Å². The molecule has 6 nitrogen and oxygen atoms in total. The van der Waals surface area contributed by atoms with Gasteiger partial charge in [-0.2, -0.15) is 10.3 Å². The van der Waals surface area contributed by atoms with Gasteiger partial charge >= 0.3 is 6.09 Å². The number of aliphatic imine (C=N–C) groups is 1. The number of amides is 1. The van der Waals surface area contributed by atoms with E-state index in [9.17, 15) is 9.59 Å². The summed E-state index contributed by atoms with van der Waals surface area (Å²) in [5, 5.41) is 11.9. The van der Waals surface area contributed by atoms with Crippen LogP contribution >= 0.6 is 11.8 Å². The smallest absolute Gasteiger partial charge is 0.436 e. The minimum absolute atomic E-state index is 0.156. The zero-order chi connectivity index (χ0) is 14.8. The molecular weight excluding hydrogens is 278 g/mol. The molecule has 20 heavy (non-hydrogen) atoms. The second kappa shape index (κ2) is 8.72. The average Bonchev–Trinajstić information content (AvgIpc) is 2.45. The second-order valence-electron chi connectivity index (χ2n) is 3.41. The van der Waals surface area contributed by atoms with Gasteiger partial charge in [-0.25, -0.2) is 4.79 Å². The summed E-state index contributed by atoms with van der Waals surface area (Å²) in [7, 11) is 0. The van der Waals surface area contributed by atoms with Crippen LogP contribution in [0.2, 0.25) is 0 Å². The Bertz CT molecular complexity index is 552. The van der Waals surface area contributed by atoms with Gasteiger partial charge in [0, 0.05) is 5.69 Å². The molecule has 0 fully saturated rings. The largest absolute Gasteiger partial charge is 0.448 e. The van der Waals surface area contributed by atoms with E-state index in [2.05, 4.69) is 10.3 Å². The number of anilines is 1. The van der Waals surface area contributed by atoms with Crippen molar-refractivity contribution >= 4 is 35.0 Å². The molecule has 0 aliphatic heterocycles. The molecule has 0 aliphatic rings. The highest BCUT2D eigenvalue weighted by Crippen LogP contribution is 2.13. The minimum Gasteiger partial charge on any atom is -0.448 e. The summed E-state index contributed by atoms with van der Waals surface area (Å²) in [6.45, 7) is 1.90. The van der Waals surface area contributed by atoms with Crippen molar-refractivity contribution in [3.05, 3.63) is 29.8 Å². The van der Waals surface area contributed by atoms with Crippen molar-refractivity contribution < 1.29 is 14.3 Å². The van der Waals surface area contributed by atoms with Gasteiger partial charge in [-0.3, -0.25) is 0 Å². The van der Waals surface area contributed by atoms with Crippen molar-refractivity contribution in [1.29, 1.82) is 5.26 Å². The lowest BCUT2D eigenvalue weighted by atomic mass is 10.2. The van der Waals surface area contributed by atoms with Crippen molar-refractivity contribution in [2.75, 3.05) is 17.7 Å². The number of benzene rings is 1. The number of amidine groups is 1. The van der Waals surface area contributed by atoms with Gasteiger partial charge in [0.1, 0.15) is 6.29 Å². The molecule has 0 bridgehead atoms. The van der Waals surface area contributed by atoms with Crippen LogP contribution in [0.25, 0.3) is 0 Å². The summed E-state index contributed by atoms with van der Waals surface area (Å²) in [6.07, 6.45) is -0.0246. The third-order valence-corrected chi connectivity index (χ3v) is 2.76. The third kappa shape index (κ3) is 5.54. The predicted molar refractivity (Wildman–Crippen MR) is 77.8 cm³/mol. The van der Waals surface area contributed by atoms with Gasteiger partial charge < -0.3 is 14.8 Å². The number of nitrogens with one attached hydrogen (secondary N) is 1. The van der Waals surface area contributed by atoms with E-state index in [4.69, 9.17) is 10.00 Å². The SMILES string of the molecule is CCOC(=O)/N=C(/Nc1cccc(C#N)c1)SCC=O. The maximum Gasteiger partial charge on any atom is 0.436 e. The lowest BCUT2D eigenvalue weighted by Gasteiger charge is -2.08. The molecule has 0 heterocycles. The van der Waals surface area contributed by atoms with Crippen LogP contribution in [0.15, 0.2) is 29.3 Å². The molecule has 104 valence electrons. The molecule has 0 saturated heterocycles. The molecule has 0 aromatic heterocycles.